The van der Waals surface area contributed by atoms with E-state index in [1.54, 1.807) is 11.3 Å². The molecule has 2 nitrogen and oxygen atoms in total. The lowest BCUT2D eigenvalue weighted by Gasteiger charge is -1.95. The summed E-state index contributed by atoms with van der Waals surface area (Å²) in [7, 11) is 0. The van der Waals surface area contributed by atoms with Gasteiger partial charge in [0.25, 0.3) is 0 Å². The van der Waals surface area contributed by atoms with Crippen molar-refractivity contribution in [1.82, 2.24) is 0 Å². The Hall–Kier alpha value is -0.960. The van der Waals surface area contributed by atoms with Crippen LogP contribution in [0.15, 0.2) is 39.5 Å². The Bertz CT molecular complexity index is 360. The predicted octanol–water partition coefficient (Wildman–Crippen LogP) is 3.55. The van der Waals surface area contributed by atoms with Crippen LogP contribution in [0.2, 0.25) is 0 Å². The molecule has 1 saturated carbocycles. The first-order valence-electron chi connectivity index (χ1n) is 4.59. The molecule has 2 heterocycles. The first-order valence-corrected chi connectivity index (χ1v) is 5.47. The van der Waals surface area contributed by atoms with Gasteiger partial charge in [-0.2, -0.15) is 10.2 Å². The van der Waals surface area contributed by atoms with E-state index in [9.17, 15) is 0 Å². The van der Waals surface area contributed by atoms with Crippen molar-refractivity contribution >= 4 is 11.3 Å². The van der Waals surface area contributed by atoms with Gasteiger partial charge in [-0.25, -0.2) is 0 Å². The Morgan fingerprint density at radius 3 is 3.00 bits per heavy atom. The van der Waals surface area contributed by atoms with Gasteiger partial charge in [-0.1, -0.05) is 6.07 Å². The molecular weight excluding hydrogens is 180 g/mol. The highest BCUT2D eigenvalue weighted by Gasteiger charge is 2.29. The van der Waals surface area contributed by atoms with Crippen LogP contribution in [0.4, 0.5) is 0 Å². The summed E-state index contributed by atoms with van der Waals surface area (Å²) in [5, 5.41) is 10.6. The lowest BCUT2D eigenvalue weighted by Crippen LogP contribution is -1.82. The Labute approximate surface area is 81.0 Å². The minimum atomic E-state index is 0.218. The molecule has 0 aromatic carbocycles. The number of rotatable bonds is 2. The average Bonchev–Trinajstić information content (AvgIpc) is 2.72. The van der Waals surface area contributed by atoms with Crippen LogP contribution in [0, 0.1) is 5.92 Å². The van der Waals surface area contributed by atoms with Gasteiger partial charge in [0.05, 0.1) is 5.70 Å². The zero-order valence-electron chi connectivity index (χ0n) is 7.18. The number of allylic oxidation sites excluding steroid dienone is 1. The maximum atomic E-state index is 4.26. The van der Waals surface area contributed by atoms with Crippen molar-refractivity contribution in [2.24, 2.45) is 16.1 Å². The normalized spacial score (nSPS) is 26.5. The van der Waals surface area contributed by atoms with Crippen molar-refractivity contribution in [1.29, 1.82) is 0 Å². The fourth-order valence-electron chi connectivity index (χ4n) is 1.55. The highest BCUT2D eigenvalue weighted by Crippen LogP contribution is 2.42. The van der Waals surface area contributed by atoms with E-state index in [1.807, 2.05) is 0 Å². The second-order valence-corrected chi connectivity index (χ2v) is 4.52. The van der Waals surface area contributed by atoms with Crippen LogP contribution in [-0.4, -0.2) is 0 Å². The van der Waals surface area contributed by atoms with E-state index >= 15 is 0 Å². The van der Waals surface area contributed by atoms with Crippen LogP contribution in [0.3, 0.4) is 0 Å². The van der Waals surface area contributed by atoms with Crippen molar-refractivity contribution in [3.05, 3.63) is 34.2 Å². The molecule has 13 heavy (non-hydrogen) atoms. The van der Waals surface area contributed by atoms with Gasteiger partial charge < -0.3 is 0 Å². The van der Waals surface area contributed by atoms with Crippen LogP contribution >= 0.6 is 11.3 Å². The molecule has 3 rings (SSSR count). The summed E-state index contributed by atoms with van der Waals surface area (Å²) in [4.78, 5) is 1.31. The lowest BCUT2D eigenvalue weighted by atomic mass is 10.2. The highest BCUT2D eigenvalue weighted by atomic mass is 32.1. The molecule has 0 radical (unpaired) electrons. The summed E-state index contributed by atoms with van der Waals surface area (Å²) < 4.78 is 0. The molecule has 66 valence electrons. The standard InChI is InChI=1S/C10H10N2S/c1-2-10(13-5-1)9-6-8(11-12-9)7-3-4-7/h1-2,5-7,9H,3-4H2/t9-/m0/s1. The van der Waals surface area contributed by atoms with Gasteiger partial charge in [0.1, 0.15) is 6.04 Å². The summed E-state index contributed by atoms with van der Waals surface area (Å²) >= 11 is 1.76. The van der Waals surface area contributed by atoms with Crippen LogP contribution in [0.5, 0.6) is 0 Å². The van der Waals surface area contributed by atoms with Gasteiger partial charge in [0, 0.05) is 10.8 Å². The van der Waals surface area contributed by atoms with Crippen LogP contribution in [-0.2, 0) is 0 Å². The molecule has 1 aromatic heterocycles. The lowest BCUT2D eigenvalue weighted by molar-refractivity contribution is 0.889. The Morgan fingerprint density at radius 2 is 2.31 bits per heavy atom. The minimum absolute atomic E-state index is 0.218. The van der Waals surface area contributed by atoms with Crippen LogP contribution in [0.25, 0.3) is 0 Å². The third kappa shape index (κ3) is 1.33. The smallest absolute Gasteiger partial charge is 0.126 e. The van der Waals surface area contributed by atoms with Gasteiger partial charge in [0.2, 0.25) is 0 Å². The molecule has 1 fully saturated rings. The molecule has 2 aliphatic rings. The topological polar surface area (TPSA) is 24.7 Å². The fraction of sp³-hybridized carbons (Fsp3) is 0.400. The van der Waals surface area contributed by atoms with Crippen molar-refractivity contribution < 1.29 is 0 Å². The van der Waals surface area contributed by atoms with Gasteiger partial charge in [0.15, 0.2) is 0 Å². The third-order valence-electron chi connectivity index (χ3n) is 2.46. The van der Waals surface area contributed by atoms with E-state index in [0.717, 1.165) is 5.92 Å². The third-order valence-corrected chi connectivity index (χ3v) is 3.40. The van der Waals surface area contributed by atoms with E-state index < -0.39 is 0 Å². The Balaban J connectivity index is 1.85. The number of thiophene rings is 1. The highest BCUT2D eigenvalue weighted by molar-refractivity contribution is 7.10. The molecule has 0 N–H and O–H groups in total. The van der Waals surface area contributed by atoms with Gasteiger partial charge in [-0.05, 0) is 30.4 Å². The summed E-state index contributed by atoms with van der Waals surface area (Å²) in [6, 6.07) is 4.41. The van der Waals surface area contributed by atoms with Crippen LogP contribution < -0.4 is 0 Å². The molecule has 0 bridgehead atoms. The number of azo groups is 1. The monoisotopic (exact) mass is 190 g/mol. The molecule has 3 heteroatoms. The van der Waals surface area contributed by atoms with E-state index in [1.165, 1.54) is 23.4 Å². The fourth-order valence-corrected chi connectivity index (χ4v) is 2.28. The minimum Gasteiger partial charge on any atom is -0.176 e. The number of nitrogens with zero attached hydrogens (tertiary/aromatic N) is 2. The van der Waals surface area contributed by atoms with E-state index in [0.29, 0.717) is 0 Å². The largest absolute Gasteiger partial charge is 0.176 e. The molecular formula is C10H10N2S. The molecule has 0 spiro atoms. The summed E-state index contributed by atoms with van der Waals surface area (Å²) in [5.74, 6) is 0.730. The van der Waals surface area contributed by atoms with E-state index in [2.05, 4.69) is 33.8 Å². The first kappa shape index (κ1) is 7.44. The quantitative estimate of drug-likeness (QED) is 0.681. The van der Waals surface area contributed by atoms with E-state index in [-0.39, 0.29) is 6.04 Å². The zero-order valence-corrected chi connectivity index (χ0v) is 8.00. The first-order chi connectivity index (χ1) is 6.43. The molecule has 0 amide bonds. The van der Waals surface area contributed by atoms with Crippen LogP contribution in [0.1, 0.15) is 23.8 Å². The zero-order chi connectivity index (χ0) is 8.67. The maximum absolute atomic E-state index is 4.26. The molecule has 1 aromatic rings. The predicted molar refractivity (Wildman–Crippen MR) is 52.7 cm³/mol. The molecule has 1 aliphatic carbocycles. The van der Waals surface area contributed by atoms with Crippen molar-refractivity contribution in [3.63, 3.8) is 0 Å². The van der Waals surface area contributed by atoms with Gasteiger partial charge >= 0.3 is 0 Å². The summed E-state index contributed by atoms with van der Waals surface area (Å²) in [5.41, 5.74) is 1.22. The maximum Gasteiger partial charge on any atom is 0.126 e. The van der Waals surface area contributed by atoms with Crippen molar-refractivity contribution in [2.45, 2.75) is 18.9 Å². The van der Waals surface area contributed by atoms with Gasteiger partial charge in [-0.15, -0.1) is 11.3 Å². The van der Waals surface area contributed by atoms with Crippen molar-refractivity contribution in [2.75, 3.05) is 0 Å². The Kier molecular flexibility index (Phi) is 1.59. The SMILES string of the molecule is C1=C(C2CC2)N=N[C@@H]1c1cccs1. The number of hydrogen-bond donors (Lipinski definition) is 0. The molecule has 0 saturated heterocycles. The second-order valence-electron chi connectivity index (χ2n) is 3.54. The summed E-state index contributed by atoms with van der Waals surface area (Å²) in [6.45, 7) is 0. The van der Waals surface area contributed by atoms with Gasteiger partial charge in [-0.3, -0.25) is 0 Å². The molecule has 1 atom stereocenters. The number of hydrogen-bond acceptors (Lipinski definition) is 3. The second kappa shape index (κ2) is 2.77. The summed E-state index contributed by atoms with van der Waals surface area (Å²) in [6.07, 6.45) is 4.83. The van der Waals surface area contributed by atoms with Crippen molar-refractivity contribution in [3.8, 4) is 0 Å². The average molecular weight is 190 g/mol. The molecule has 0 unspecified atom stereocenters. The Morgan fingerprint density at radius 1 is 1.38 bits per heavy atom. The molecule has 1 aliphatic heterocycles. The van der Waals surface area contributed by atoms with E-state index in [4.69, 9.17) is 0 Å².